The van der Waals surface area contributed by atoms with Crippen molar-refractivity contribution in [2.45, 2.75) is 40.0 Å². The monoisotopic (exact) mass is 206 g/mol. The van der Waals surface area contributed by atoms with E-state index in [4.69, 9.17) is 0 Å². The molecular formula is C14H19F. The van der Waals surface area contributed by atoms with Gasteiger partial charge in [0.05, 0.1) is 0 Å². The molecule has 0 N–H and O–H groups in total. The van der Waals surface area contributed by atoms with E-state index in [0.29, 0.717) is 5.56 Å². The summed E-state index contributed by atoms with van der Waals surface area (Å²) in [6.45, 7) is 5.76. The van der Waals surface area contributed by atoms with Crippen molar-refractivity contribution >= 4 is 5.83 Å². The highest BCUT2D eigenvalue weighted by molar-refractivity contribution is 5.61. The van der Waals surface area contributed by atoms with E-state index in [0.717, 1.165) is 12.0 Å². The fraction of sp³-hybridized carbons (Fsp3) is 0.429. The largest absolute Gasteiger partial charge is 0.206 e. The molecule has 0 aromatic heterocycles. The minimum Gasteiger partial charge on any atom is -0.206 e. The zero-order chi connectivity index (χ0) is 11.3. The third-order valence-electron chi connectivity index (χ3n) is 2.47. The maximum atomic E-state index is 13.5. The lowest BCUT2D eigenvalue weighted by atomic mass is 10.0. The quantitative estimate of drug-likeness (QED) is 0.667. The molecule has 82 valence electrons. The summed E-state index contributed by atoms with van der Waals surface area (Å²) in [6.07, 6.45) is 3.49. The summed E-state index contributed by atoms with van der Waals surface area (Å²) >= 11 is 0. The van der Waals surface area contributed by atoms with E-state index in [1.165, 1.54) is 18.4 Å². The number of unbranched alkanes of at least 4 members (excludes halogenated alkanes) is 1. The van der Waals surface area contributed by atoms with Gasteiger partial charge in [-0.3, -0.25) is 0 Å². The van der Waals surface area contributed by atoms with Crippen LogP contribution in [0.2, 0.25) is 0 Å². The molecule has 0 radical (unpaired) electrons. The molecule has 0 heterocycles. The van der Waals surface area contributed by atoms with Gasteiger partial charge in [0.15, 0.2) is 0 Å². The minimum atomic E-state index is -0.1000. The maximum absolute atomic E-state index is 13.5. The van der Waals surface area contributed by atoms with Crippen LogP contribution in [-0.4, -0.2) is 0 Å². The maximum Gasteiger partial charge on any atom is 0.129 e. The normalized spacial score (nSPS) is 10.1. The van der Waals surface area contributed by atoms with Crippen LogP contribution in [0.3, 0.4) is 0 Å². The van der Waals surface area contributed by atoms with Crippen molar-refractivity contribution in [1.82, 2.24) is 0 Å². The SMILES string of the molecule is CCCCc1ccc(C(F)=C(C)C)cc1. The minimum absolute atomic E-state index is 0.1000. The van der Waals surface area contributed by atoms with Crippen LogP contribution in [0.1, 0.15) is 44.7 Å². The molecular weight excluding hydrogens is 187 g/mol. The van der Waals surface area contributed by atoms with Gasteiger partial charge in [0.1, 0.15) is 5.83 Å². The molecule has 0 saturated heterocycles. The molecule has 0 aliphatic rings. The topological polar surface area (TPSA) is 0 Å². The lowest BCUT2D eigenvalue weighted by molar-refractivity contribution is 0.749. The van der Waals surface area contributed by atoms with Crippen LogP contribution in [0.25, 0.3) is 5.83 Å². The molecule has 0 saturated carbocycles. The lowest BCUT2D eigenvalue weighted by Crippen LogP contribution is -1.86. The van der Waals surface area contributed by atoms with Crippen LogP contribution < -0.4 is 0 Å². The molecule has 0 aliphatic heterocycles. The second-order valence-corrected chi connectivity index (χ2v) is 4.11. The predicted molar refractivity (Wildman–Crippen MR) is 64.4 cm³/mol. The van der Waals surface area contributed by atoms with Crippen molar-refractivity contribution in [1.29, 1.82) is 0 Å². The molecule has 0 atom stereocenters. The average Bonchev–Trinajstić information content (AvgIpc) is 2.26. The third-order valence-corrected chi connectivity index (χ3v) is 2.47. The first-order chi connectivity index (χ1) is 7.15. The fourth-order valence-electron chi connectivity index (χ4n) is 1.49. The Hall–Kier alpha value is -1.11. The molecule has 0 nitrogen and oxygen atoms in total. The average molecular weight is 206 g/mol. The summed E-state index contributed by atoms with van der Waals surface area (Å²) in [5, 5.41) is 0. The summed E-state index contributed by atoms with van der Waals surface area (Å²) in [6, 6.07) is 7.78. The van der Waals surface area contributed by atoms with Gasteiger partial charge in [-0.1, -0.05) is 37.6 Å². The highest BCUT2D eigenvalue weighted by atomic mass is 19.1. The molecule has 1 aromatic carbocycles. The number of hydrogen-bond donors (Lipinski definition) is 0. The third kappa shape index (κ3) is 3.50. The molecule has 0 bridgehead atoms. The Morgan fingerprint density at radius 2 is 1.73 bits per heavy atom. The predicted octanol–water partition coefficient (Wildman–Crippen LogP) is 4.75. The first-order valence-electron chi connectivity index (χ1n) is 5.57. The number of halogens is 1. The van der Waals surface area contributed by atoms with Crippen LogP contribution >= 0.6 is 0 Å². The summed E-state index contributed by atoms with van der Waals surface area (Å²) in [7, 11) is 0. The van der Waals surface area contributed by atoms with Crippen molar-refractivity contribution in [3.8, 4) is 0 Å². The van der Waals surface area contributed by atoms with Crippen molar-refractivity contribution in [3.05, 3.63) is 41.0 Å². The van der Waals surface area contributed by atoms with Crippen LogP contribution in [0, 0.1) is 0 Å². The van der Waals surface area contributed by atoms with E-state index in [1.807, 2.05) is 24.3 Å². The Morgan fingerprint density at radius 3 is 2.20 bits per heavy atom. The molecule has 0 spiro atoms. The van der Waals surface area contributed by atoms with Crippen LogP contribution in [0.5, 0.6) is 0 Å². The van der Waals surface area contributed by atoms with Gasteiger partial charge in [0, 0.05) is 5.56 Å². The van der Waals surface area contributed by atoms with Crippen LogP contribution in [0.15, 0.2) is 29.8 Å². The van der Waals surface area contributed by atoms with Gasteiger partial charge in [-0.15, -0.1) is 0 Å². The van der Waals surface area contributed by atoms with E-state index in [-0.39, 0.29) is 5.83 Å². The van der Waals surface area contributed by atoms with Crippen LogP contribution in [0.4, 0.5) is 4.39 Å². The van der Waals surface area contributed by atoms with Gasteiger partial charge >= 0.3 is 0 Å². The Bertz CT molecular complexity index is 329. The molecule has 1 aromatic rings. The summed E-state index contributed by atoms with van der Waals surface area (Å²) in [4.78, 5) is 0. The van der Waals surface area contributed by atoms with Gasteiger partial charge < -0.3 is 0 Å². The number of aryl methyl sites for hydroxylation is 1. The number of benzene rings is 1. The molecule has 0 amide bonds. The Kier molecular flexibility index (Phi) is 4.54. The van der Waals surface area contributed by atoms with E-state index in [1.54, 1.807) is 13.8 Å². The molecule has 1 rings (SSSR count). The Morgan fingerprint density at radius 1 is 1.13 bits per heavy atom. The van der Waals surface area contributed by atoms with E-state index >= 15 is 0 Å². The second kappa shape index (κ2) is 5.69. The van der Waals surface area contributed by atoms with Crippen LogP contribution in [-0.2, 0) is 6.42 Å². The first kappa shape index (κ1) is 12.0. The standard InChI is InChI=1S/C14H19F/c1-4-5-6-12-7-9-13(10-8-12)14(15)11(2)3/h7-10H,4-6H2,1-3H3. The summed E-state index contributed by atoms with van der Waals surface area (Å²) in [5.41, 5.74) is 2.72. The van der Waals surface area contributed by atoms with Gasteiger partial charge in [-0.05, 0) is 37.8 Å². The van der Waals surface area contributed by atoms with Gasteiger partial charge in [0.2, 0.25) is 0 Å². The number of allylic oxidation sites excluding steroid dienone is 1. The van der Waals surface area contributed by atoms with Crippen molar-refractivity contribution in [2.24, 2.45) is 0 Å². The van der Waals surface area contributed by atoms with E-state index in [2.05, 4.69) is 6.92 Å². The molecule has 0 fully saturated rings. The lowest BCUT2D eigenvalue weighted by Gasteiger charge is -2.03. The smallest absolute Gasteiger partial charge is 0.129 e. The molecule has 0 unspecified atom stereocenters. The van der Waals surface area contributed by atoms with Crippen molar-refractivity contribution < 1.29 is 4.39 Å². The molecule has 15 heavy (non-hydrogen) atoms. The van der Waals surface area contributed by atoms with Crippen molar-refractivity contribution in [3.63, 3.8) is 0 Å². The zero-order valence-corrected chi connectivity index (χ0v) is 9.81. The fourth-order valence-corrected chi connectivity index (χ4v) is 1.49. The highest BCUT2D eigenvalue weighted by Gasteiger charge is 2.01. The summed E-state index contributed by atoms with van der Waals surface area (Å²) in [5.74, 6) is -0.1000. The second-order valence-electron chi connectivity index (χ2n) is 4.11. The summed E-state index contributed by atoms with van der Waals surface area (Å²) < 4.78 is 13.5. The molecule has 1 heteroatoms. The van der Waals surface area contributed by atoms with Gasteiger partial charge in [-0.25, -0.2) is 4.39 Å². The van der Waals surface area contributed by atoms with Gasteiger partial charge in [-0.2, -0.15) is 0 Å². The number of rotatable bonds is 4. The molecule has 0 aliphatic carbocycles. The Labute approximate surface area is 91.8 Å². The zero-order valence-electron chi connectivity index (χ0n) is 9.81. The van der Waals surface area contributed by atoms with Gasteiger partial charge in [0.25, 0.3) is 0 Å². The van der Waals surface area contributed by atoms with E-state index < -0.39 is 0 Å². The first-order valence-corrected chi connectivity index (χ1v) is 5.57. The number of hydrogen-bond acceptors (Lipinski definition) is 0. The van der Waals surface area contributed by atoms with Crippen molar-refractivity contribution in [2.75, 3.05) is 0 Å². The Balaban J connectivity index is 2.77. The van der Waals surface area contributed by atoms with E-state index in [9.17, 15) is 4.39 Å². The highest BCUT2D eigenvalue weighted by Crippen LogP contribution is 2.20.